The van der Waals surface area contributed by atoms with Crippen molar-refractivity contribution in [2.45, 2.75) is 31.2 Å². The number of hydrogen-bond donors (Lipinski definition) is 3. The maximum Gasteiger partial charge on any atom is 0.383 e. The summed E-state index contributed by atoms with van der Waals surface area (Å²) in [6, 6.07) is -1.89. The Morgan fingerprint density at radius 3 is 2.11 bits per heavy atom. The SMILES string of the molecule is NC(=O)CCC(NC(=O)C(F)(F)C(F)F)C(=O)O. The topological polar surface area (TPSA) is 109 Å². The van der Waals surface area contributed by atoms with E-state index in [0.29, 0.717) is 0 Å². The minimum absolute atomic E-state index is 0.502. The van der Waals surface area contributed by atoms with Gasteiger partial charge >= 0.3 is 18.3 Å². The monoisotopic (exact) mass is 274 g/mol. The first-order chi connectivity index (χ1) is 8.09. The molecule has 0 radical (unpaired) electrons. The van der Waals surface area contributed by atoms with Crippen LogP contribution >= 0.6 is 0 Å². The van der Waals surface area contributed by atoms with Gasteiger partial charge in [-0.25, -0.2) is 13.6 Å². The summed E-state index contributed by atoms with van der Waals surface area (Å²) in [6.07, 6.45) is -5.34. The van der Waals surface area contributed by atoms with Gasteiger partial charge in [0, 0.05) is 6.42 Å². The lowest BCUT2D eigenvalue weighted by Gasteiger charge is -2.18. The van der Waals surface area contributed by atoms with Gasteiger partial charge < -0.3 is 16.2 Å². The van der Waals surface area contributed by atoms with E-state index in [2.05, 4.69) is 0 Å². The first-order valence-corrected chi connectivity index (χ1v) is 4.57. The maximum absolute atomic E-state index is 12.5. The van der Waals surface area contributed by atoms with Gasteiger partial charge in [-0.3, -0.25) is 9.59 Å². The number of alkyl halides is 4. The van der Waals surface area contributed by atoms with Gasteiger partial charge in [0.05, 0.1) is 0 Å². The molecule has 0 aliphatic carbocycles. The molecule has 104 valence electrons. The molecule has 0 aromatic carbocycles. The molecule has 0 saturated heterocycles. The lowest BCUT2D eigenvalue weighted by molar-refractivity contribution is -0.171. The van der Waals surface area contributed by atoms with Crippen LogP contribution in [0.3, 0.4) is 0 Å². The molecule has 10 heteroatoms. The third-order valence-electron chi connectivity index (χ3n) is 1.86. The number of nitrogens with one attached hydrogen (secondary N) is 1. The van der Waals surface area contributed by atoms with Crippen molar-refractivity contribution in [3.8, 4) is 0 Å². The second kappa shape index (κ2) is 6.17. The van der Waals surface area contributed by atoms with Crippen molar-refractivity contribution >= 4 is 17.8 Å². The molecule has 2 amide bonds. The van der Waals surface area contributed by atoms with E-state index in [0.717, 1.165) is 0 Å². The summed E-state index contributed by atoms with van der Waals surface area (Å²) in [5, 5.41) is 9.76. The van der Waals surface area contributed by atoms with Gasteiger partial charge in [0.1, 0.15) is 6.04 Å². The summed E-state index contributed by atoms with van der Waals surface area (Å²) in [5.41, 5.74) is 4.69. The number of carbonyl (C=O) groups is 3. The highest BCUT2D eigenvalue weighted by Gasteiger charge is 2.49. The second-order valence-corrected chi connectivity index (χ2v) is 3.29. The van der Waals surface area contributed by atoms with Crippen molar-refractivity contribution in [1.29, 1.82) is 0 Å². The van der Waals surface area contributed by atoms with Gasteiger partial charge in [0.15, 0.2) is 0 Å². The zero-order valence-electron chi connectivity index (χ0n) is 8.83. The molecule has 4 N–H and O–H groups in total. The molecule has 0 spiro atoms. The van der Waals surface area contributed by atoms with Gasteiger partial charge in [-0.2, -0.15) is 8.78 Å². The average molecular weight is 274 g/mol. The van der Waals surface area contributed by atoms with Crippen molar-refractivity contribution < 1.29 is 37.1 Å². The normalized spacial score (nSPS) is 13.2. The van der Waals surface area contributed by atoms with E-state index in [1.54, 1.807) is 0 Å². The van der Waals surface area contributed by atoms with Gasteiger partial charge in [-0.15, -0.1) is 0 Å². The maximum atomic E-state index is 12.5. The van der Waals surface area contributed by atoms with E-state index in [-0.39, 0.29) is 0 Å². The van der Waals surface area contributed by atoms with E-state index in [9.17, 15) is 31.9 Å². The molecule has 0 fully saturated rings. The number of carboxylic acids is 1. The first-order valence-electron chi connectivity index (χ1n) is 4.57. The number of primary amides is 1. The van der Waals surface area contributed by atoms with Crippen LogP contribution in [0.15, 0.2) is 0 Å². The average Bonchev–Trinajstić information content (AvgIpc) is 2.22. The lowest BCUT2D eigenvalue weighted by atomic mass is 10.1. The largest absolute Gasteiger partial charge is 0.480 e. The van der Waals surface area contributed by atoms with E-state index in [1.165, 1.54) is 5.32 Å². The highest BCUT2D eigenvalue weighted by atomic mass is 19.3. The summed E-state index contributed by atoms with van der Waals surface area (Å²) in [5.74, 6) is -10.1. The van der Waals surface area contributed by atoms with Crippen LogP contribution in [0.25, 0.3) is 0 Å². The fourth-order valence-electron chi connectivity index (χ4n) is 0.898. The molecule has 0 heterocycles. The van der Waals surface area contributed by atoms with Crippen molar-refractivity contribution in [2.24, 2.45) is 5.73 Å². The number of nitrogens with two attached hydrogens (primary N) is 1. The van der Waals surface area contributed by atoms with Crippen LogP contribution in [0.1, 0.15) is 12.8 Å². The van der Waals surface area contributed by atoms with E-state index < -0.39 is 49.0 Å². The quantitative estimate of drug-likeness (QED) is 0.555. The van der Waals surface area contributed by atoms with Gasteiger partial charge in [-0.05, 0) is 6.42 Å². The van der Waals surface area contributed by atoms with Gasteiger partial charge in [0.25, 0.3) is 5.91 Å². The Kier molecular flexibility index (Phi) is 5.53. The van der Waals surface area contributed by atoms with Crippen molar-refractivity contribution in [1.82, 2.24) is 5.32 Å². The zero-order valence-corrected chi connectivity index (χ0v) is 8.83. The van der Waals surface area contributed by atoms with Gasteiger partial charge in [-0.1, -0.05) is 0 Å². The number of halogens is 4. The lowest BCUT2D eigenvalue weighted by Crippen LogP contribution is -2.51. The number of amides is 2. The van der Waals surface area contributed by atoms with Crippen LogP contribution in [-0.4, -0.2) is 41.3 Å². The van der Waals surface area contributed by atoms with E-state index >= 15 is 0 Å². The first kappa shape index (κ1) is 16.1. The van der Waals surface area contributed by atoms with E-state index in [1.807, 2.05) is 0 Å². The molecule has 6 nitrogen and oxygen atoms in total. The van der Waals surface area contributed by atoms with Crippen LogP contribution in [0.5, 0.6) is 0 Å². The molecule has 0 rings (SSSR count). The standard InChI is InChI=1S/C8H10F4N2O4/c9-6(10)8(11,12)7(18)14-3(5(16)17)1-2-4(13)15/h3,6H,1-2H2,(H2,13,15)(H,14,18)(H,16,17). The summed E-state index contributed by atoms with van der Waals surface area (Å²) in [4.78, 5) is 31.7. The minimum atomic E-state index is -5.00. The molecule has 0 aliphatic rings. The number of rotatable bonds is 7. The molecular weight excluding hydrogens is 264 g/mol. The fourth-order valence-corrected chi connectivity index (χ4v) is 0.898. The number of carboxylic acid groups (broad SMARTS) is 1. The Bertz CT molecular complexity index is 348. The Labute approximate surface area is 98.1 Å². The zero-order chi connectivity index (χ0) is 14.5. The van der Waals surface area contributed by atoms with Crippen LogP contribution in [0, 0.1) is 0 Å². The fraction of sp³-hybridized carbons (Fsp3) is 0.625. The van der Waals surface area contributed by atoms with Crippen LogP contribution in [0.2, 0.25) is 0 Å². The summed E-state index contributed by atoms with van der Waals surface area (Å²) >= 11 is 0. The summed E-state index contributed by atoms with van der Waals surface area (Å²) < 4.78 is 48.6. The molecule has 0 aliphatic heterocycles. The summed E-state index contributed by atoms with van der Waals surface area (Å²) in [7, 11) is 0. The smallest absolute Gasteiger partial charge is 0.383 e. The van der Waals surface area contributed by atoms with Gasteiger partial charge in [0.2, 0.25) is 5.91 Å². The molecular formula is C8H10F4N2O4. The highest BCUT2D eigenvalue weighted by Crippen LogP contribution is 2.23. The highest BCUT2D eigenvalue weighted by molar-refractivity contribution is 5.88. The molecule has 0 aromatic rings. The Morgan fingerprint density at radius 1 is 1.28 bits per heavy atom. The second-order valence-electron chi connectivity index (χ2n) is 3.29. The number of carbonyl (C=O) groups excluding carboxylic acids is 2. The summed E-state index contributed by atoms with van der Waals surface area (Å²) in [6.45, 7) is 0. The molecule has 0 aromatic heterocycles. The third kappa shape index (κ3) is 4.55. The predicted octanol–water partition coefficient (Wildman–Crippen LogP) is -0.278. The number of aliphatic carboxylic acids is 1. The molecule has 0 bridgehead atoms. The van der Waals surface area contributed by atoms with Crippen LogP contribution in [-0.2, 0) is 14.4 Å². The minimum Gasteiger partial charge on any atom is -0.480 e. The molecule has 0 saturated carbocycles. The predicted molar refractivity (Wildman–Crippen MR) is 48.9 cm³/mol. The van der Waals surface area contributed by atoms with Crippen LogP contribution < -0.4 is 11.1 Å². The number of hydrogen-bond acceptors (Lipinski definition) is 3. The van der Waals surface area contributed by atoms with Crippen molar-refractivity contribution in [3.63, 3.8) is 0 Å². The van der Waals surface area contributed by atoms with Crippen LogP contribution in [0.4, 0.5) is 17.6 Å². The Balaban J connectivity index is 4.65. The third-order valence-corrected chi connectivity index (χ3v) is 1.86. The Hall–Kier alpha value is -1.87. The van der Waals surface area contributed by atoms with Crippen molar-refractivity contribution in [2.75, 3.05) is 0 Å². The van der Waals surface area contributed by atoms with E-state index in [4.69, 9.17) is 10.8 Å². The molecule has 18 heavy (non-hydrogen) atoms. The Morgan fingerprint density at radius 2 is 1.78 bits per heavy atom. The van der Waals surface area contributed by atoms with Crippen molar-refractivity contribution in [3.05, 3.63) is 0 Å². The molecule has 1 atom stereocenters. The molecule has 1 unspecified atom stereocenters.